The van der Waals surface area contributed by atoms with Crippen LogP contribution in [-0.2, 0) is 4.79 Å². The third-order valence-corrected chi connectivity index (χ3v) is 3.10. The second-order valence-electron chi connectivity index (χ2n) is 4.19. The van der Waals surface area contributed by atoms with Gasteiger partial charge >= 0.3 is 0 Å². The molecule has 0 saturated carbocycles. The second kappa shape index (κ2) is 5.45. The molecule has 0 radical (unpaired) electrons. The molecule has 2 rings (SSSR count). The van der Waals surface area contributed by atoms with E-state index in [4.69, 9.17) is 5.26 Å². The molecule has 0 bridgehead atoms. The first-order chi connectivity index (χ1) is 8.76. The highest BCUT2D eigenvalue weighted by Gasteiger charge is 2.28. The van der Waals surface area contributed by atoms with Gasteiger partial charge in [-0.3, -0.25) is 4.79 Å². The first kappa shape index (κ1) is 12.3. The summed E-state index contributed by atoms with van der Waals surface area (Å²) in [5.41, 5.74) is 0.284. The van der Waals surface area contributed by atoms with E-state index in [1.807, 2.05) is 11.0 Å². The Kier molecular flexibility index (Phi) is 3.72. The highest BCUT2D eigenvalue weighted by atomic mass is 16.2. The Bertz CT molecular complexity index is 464. The average molecular weight is 245 g/mol. The minimum Gasteiger partial charge on any atom is -0.357 e. The summed E-state index contributed by atoms with van der Waals surface area (Å²) in [4.78, 5) is 22.0. The lowest BCUT2D eigenvalue weighted by molar-refractivity contribution is -0.122. The molecule has 1 fully saturated rings. The van der Waals surface area contributed by atoms with Crippen molar-refractivity contribution in [2.75, 3.05) is 18.5 Å². The van der Waals surface area contributed by atoms with Gasteiger partial charge in [-0.15, -0.1) is 0 Å². The van der Waals surface area contributed by atoms with Crippen molar-refractivity contribution in [2.24, 2.45) is 0 Å². The van der Waals surface area contributed by atoms with Crippen molar-refractivity contribution in [1.29, 1.82) is 5.26 Å². The molecule has 94 valence electrons. The summed E-state index contributed by atoms with van der Waals surface area (Å²) >= 11 is 0. The molecule has 1 N–H and O–H groups in total. The maximum atomic E-state index is 11.8. The molecular formula is C12H15N5O. The van der Waals surface area contributed by atoms with Crippen LogP contribution in [0, 0.1) is 11.3 Å². The number of hydrogen-bond acceptors (Lipinski definition) is 5. The number of nitrogens with zero attached hydrogens (tertiary/aromatic N) is 4. The molecule has 0 aliphatic carbocycles. The van der Waals surface area contributed by atoms with E-state index in [1.165, 1.54) is 6.20 Å². The summed E-state index contributed by atoms with van der Waals surface area (Å²) in [5.74, 6) is 0.656. The van der Waals surface area contributed by atoms with Crippen LogP contribution in [0.1, 0.15) is 25.0 Å². The summed E-state index contributed by atoms with van der Waals surface area (Å²) in [5, 5.41) is 11.4. The fourth-order valence-electron chi connectivity index (χ4n) is 2.17. The molecule has 1 aliphatic heterocycles. The average Bonchev–Trinajstić information content (AvgIpc) is 2.46. The van der Waals surface area contributed by atoms with E-state index in [1.54, 1.807) is 13.2 Å². The molecule has 1 unspecified atom stereocenters. The highest BCUT2D eigenvalue weighted by Crippen LogP contribution is 2.22. The van der Waals surface area contributed by atoms with E-state index >= 15 is 0 Å². The maximum Gasteiger partial charge on any atom is 0.242 e. The molecule has 1 aliphatic rings. The van der Waals surface area contributed by atoms with Gasteiger partial charge in [-0.2, -0.15) is 5.26 Å². The lowest BCUT2D eigenvalue weighted by atomic mass is 10.0. The van der Waals surface area contributed by atoms with Gasteiger partial charge < -0.3 is 10.2 Å². The van der Waals surface area contributed by atoms with Crippen LogP contribution in [-0.4, -0.2) is 35.5 Å². The van der Waals surface area contributed by atoms with Gasteiger partial charge in [0.1, 0.15) is 17.9 Å². The molecule has 0 aromatic carbocycles. The molecular weight excluding hydrogens is 230 g/mol. The van der Waals surface area contributed by atoms with Crippen LogP contribution in [0.25, 0.3) is 0 Å². The molecule has 1 saturated heterocycles. The van der Waals surface area contributed by atoms with Gasteiger partial charge in [-0.25, -0.2) is 9.97 Å². The van der Waals surface area contributed by atoms with E-state index < -0.39 is 0 Å². The predicted molar refractivity (Wildman–Crippen MR) is 65.8 cm³/mol. The zero-order valence-corrected chi connectivity index (χ0v) is 10.3. The van der Waals surface area contributed by atoms with Crippen LogP contribution in [0.4, 0.5) is 5.82 Å². The number of carbonyl (C=O) groups is 1. The van der Waals surface area contributed by atoms with Gasteiger partial charge in [-0.1, -0.05) is 0 Å². The summed E-state index contributed by atoms with van der Waals surface area (Å²) in [6.45, 7) is 0.790. The van der Waals surface area contributed by atoms with Crippen LogP contribution in [0.15, 0.2) is 12.4 Å². The standard InChI is InChI=1S/C12H15N5O/c1-14-12(18)10-4-2-3-5-17(10)11-8-15-9(6-13)7-16-11/h7-8,10H,2-5H2,1H3,(H,14,18). The number of aromatic nitrogens is 2. The Morgan fingerprint density at radius 3 is 2.94 bits per heavy atom. The molecule has 1 atom stereocenters. The Hall–Kier alpha value is -2.16. The molecule has 6 heteroatoms. The van der Waals surface area contributed by atoms with Crippen LogP contribution in [0.2, 0.25) is 0 Å². The molecule has 1 aromatic rings. The maximum absolute atomic E-state index is 11.8. The van der Waals surface area contributed by atoms with E-state index in [0.717, 1.165) is 25.8 Å². The fourth-order valence-corrected chi connectivity index (χ4v) is 2.17. The molecule has 6 nitrogen and oxygen atoms in total. The molecule has 1 amide bonds. The normalized spacial score (nSPS) is 19.1. The number of anilines is 1. The zero-order valence-electron chi connectivity index (χ0n) is 10.3. The van der Waals surface area contributed by atoms with Crippen molar-refractivity contribution in [1.82, 2.24) is 15.3 Å². The zero-order chi connectivity index (χ0) is 13.0. The van der Waals surface area contributed by atoms with E-state index in [9.17, 15) is 4.79 Å². The van der Waals surface area contributed by atoms with Crippen molar-refractivity contribution >= 4 is 11.7 Å². The van der Waals surface area contributed by atoms with E-state index in [2.05, 4.69) is 15.3 Å². The number of hydrogen-bond donors (Lipinski definition) is 1. The van der Waals surface area contributed by atoms with Gasteiger partial charge in [0, 0.05) is 13.6 Å². The number of likely N-dealkylation sites (N-methyl/N-ethyl adjacent to an activating group) is 1. The predicted octanol–water partition coefficient (Wildman–Crippen LogP) is 0.453. The van der Waals surface area contributed by atoms with Crippen LogP contribution in [0.5, 0.6) is 0 Å². The van der Waals surface area contributed by atoms with Gasteiger partial charge in [0.05, 0.1) is 12.4 Å². The van der Waals surface area contributed by atoms with Crippen LogP contribution in [0.3, 0.4) is 0 Å². The van der Waals surface area contributed by atoms with E-state index in [-0.39, 0.29) is 17.6 Å². The summed E-state index contributed by atoms with van der Waals surface area (Å²) in [6.07, 6.45) is 5.89. The fraction of sp³-hybridized carbons (Fsp3) is 0.500. The minimum atomic E-state index is -0.189. The summed E-state index contributed by atoms with van der Waals surface area (Å²) in [7, 11) is 1.64. The lowest BCUT2D eigenvalue weighted by Crippen LogP contribution is -2.49. The van der Waals surface area contributed by atoms with Gasteiger partial charge in [-0.05, 0) is 19.3 Å². The summed E-state index contributed by atoms with van der Waals surface area (Å²) < 4.78 is 0. The summed E-state index contributed by atoms with van der Waals surface area (Å²) in [6, 6.07) is 1.74. The smallest absolute Gasteiger partial charge is 0.242 e. The molecule has 18 heavy (non-hydrogen) atoms. The van der Waals surface area contributed by atoms with E-state index in [0.29, 0.717) is 5.82 Å². The largest absolute Gasteiger partial charge is 0.357 e. The molecule has 0 spiro atoms. The Morgan fingerprint density at radius 1 is 1.50 bits per heavy atom. The third kappa shape index (κ3) is 2.40. The number of nitrogens with one attached hydrogen (secondary N) is 1. The van der Waals surface area contributed by atoms with Gasteiger partial charge in [0.15, 0.2) is 5.69 Å². The highest BCUT2D eigenvalue weighted by molar-refractivity contribution is 5.84. The Morgan fingerprint density at radius 2 is 2.33 bits per heavy atom. The topological polar surface area (TPSA) is 81.9 Å². The minimum absolute atomic E-state index is 0.000796. The number of piperidine rings is 1. The number of amides is 1. The van der Waals surface area contributed by atoms with Gasteiger partial charge in [0.2, 0.25) is 5.91 Å². The molecule has 2 heterocycles. The van der Waals surface area contributed by atoms with Crippen molar-refractivity contribution in [3.63, 3.8) is 0 Å². The number of nitriles is 1. The Labute approximate surface area is 106 Å². The third-order valence-electron chi connectivity index (χ3n) is 3.10. The van der Waals surface area contributed by atoms with Gasteiger partial charge in [0.25, 0.3) is 0 Å². The first-order valence-corrected chi connectivity index (χ1v) is 5.96. The second-order valence-corrected chi connectivity index (χ2v) is 4.19. The van der Waals surface area contributed by atoms with Crippen LogP contribution < -0.4 is 10.2 Å². The van der Waals surface area contributed by atoms with Crippen molar-refractivity contribution in [3.05, 3.63) is 18.1 Å². The van der Waals surface area contributed by atoms with Crippen LogP contribution >= 0.6 is 0 Å². The Balaban J connectivity index is 2.22. The van der Waals surface area contributed by atoms with Crippen molar-refractivity contribution in [2.45, 2.75) is 25.3 Å². The van der Waals surface area contributed by atoms with Crippen molar-refractivity contribution < 1.29 is 4.79 Å². The van der Waals surface area contributed by atoms with Crippen molar-refractivity contribution in [3.8, 4) is 6.07 Å². The lowest BCUT2D eigenvalue weighted by Gasteiger charge is -2.35. The quantitative estimate of drug-likeness (QED) is 0.818. The molecule has 1 aromatic heterocycles. The SMILES string of the molecule is CNC(=O)C1CCCCN1c1cnc(C#N)cn1. The number of rotatable bonds is 2. The first-order valence-electron chi connectivity index (χ1n) is 5.96. The monoisotopic (exact) mass is 245 g/mol. The number of carbonyl (C=O) groups excluding carboxylic acids is 1.